The highest BCUT2D eigenvalue weighted by atomic mass is 16.6. The molecule has 0 aliphatic heterocycles. The second-order valence-electron chi connectivity index (χ2n) is 19.5. The Balaban J connectivity index is 4.44. The van der Waals surface area contributed by atoms with E-state index in [1.165, 1.54) is 96.3 Å². The molecule has 0 N–H and O–H groups in total. The lowest BCUT2D eigenvalue weighted by molar-refractivity contribution is -0.166. The Morgan fingerprint density at radius 2 is 0.554 bits per heavy atom. The van der Waals surface area contributed by atoms with Gasteiger partial charge in [-0.05, 0) is 122 Å². The maximum Gasteiger partial charge on any atom is 0.306 e. The first-order chi connectivity index (χ1) is 36.5. The number of carbonyl (C=O) groups excluding carboxylic acids is 3. The minimum atomic E-state index is -0.821. The molecular weight excluding hydrogens is 913 g/mol. The maximum atomic E-state index is 12.9. The zero-order valence-electron chi connectivity index (χ0n) is 47.8. The van der Waals surface area contributed by atoms with Crippen molar-refractivity contribution in [2.75, 3.05) is 13.2 Å². The van der Waals surface area contributed by atoms with E-state index in [2.05, 4.69) is 142 Å². The molecule has 0 aromatic heterocycles. The van der Waals surface area contributed by atoms with Crippen molar-refractivity contribution >= 4 is 17.9 Å². The van der Waals surface area contributed by atoms with E-state index < -0.39 is 6.10 Å². The molecule has 6 heteroatoms. The van der Waals surface area contributed by atoms with E-state index >= 15 is 0 Å². The second kappa shape index (κ2) is 61.1. The van der Waals surface area contributed by atoms with Gasteiger partial charge in [-0.25, -0.2) is 0 Å². The van der Waals surface area contributed by atoms with E-state index in [0.717, 1.165) is 116 Å². The molecule has 0 heterocycles. The van der Waals surface area contributed by atoms with Gasteiger partial charge in [0.1, 0.15) is 13.2 Å². The highest BCUT2D eigenvalue weighted by Crippen LogP contribution is 2.14. The molecule has 0 bridgehead atoms. The van der Waals surface area contributed by atoms with Crippen LogP contribution in [0.15, 0.2) is 134 Å². The summed E-state index contributed by atoms with van der Waals surface area (Å²) in [5.41, 5.74) is 0. The van der Waals surface area contributed by atoms with Crippen LogP contribution in [-0.2, 0) is 28.6 Å². The molecule has 0 aliphatic carbocycles. The van der Waals surface area contributed by atoms with Gasteiger partial charge in [-0.2, -0.15) is 0 Å². The molecule has 0 saturated heterocycles. The molecule has 0 fully saturated rings. The van der Waals surface area contributed by atoms with E-state index in [1.54, 1.807) is 0 Å². The van der Waals surface area contributed by atoms with Crippen molar-refractivity contribution in [3.05, 3.63) is 134 Å². The van der Waals surface area contributed by atoms with E-state index in [1.807, 2.05) is 12.2 Å². The molecule has 0 amide bonds. The summed E-state index contributed by atoms with van der Waals surface area (Å²) in [5, 5.41) is 0. The number of hydrogen-bond donors (Lipinski definition) is 0. The largest absolute Gasteiger partial charge is 0.462 e. The topological polar surface area (TPSA) is 78.9 Å². The van der Waals surface area contributed by atoms with E-state index in [0.29, 0.717) is 19.3 Å². The Morgan fingerprint density at radius 3 is 0.919 bits per heavy atom. The van der Waals surface area contributed by atoms with Crippen LogP contribution in [-0.4, -0.2) is 37.2 Å². The summed E-state index contributed by atoms with van der Waals surface area (Å²) in [5.74, 6) is -1.02. The monoisotopic (exact) mass is 1020 g/mol. The van der Waals surface area contributed by atoms with Gasteiger partial charge in [0.05, 0.1) is 0 Å². The number of hydrogen-bond acceptors (Lipinski definition) is 6. The standard InChI is InChI=1S/C68H110O6/c1-4-7-10-13-16-19-22-25-27-29-31-32-33-34-35-36-37-39-40-43-46-49-52-55-58-61-67(70)73-64-65(63-72-66(69)60-57-54-51-48-45-42-24-21-18-15-12-9-6-3)74-68(71)62-59-56-53-50-47-44-41-38-30-28-26-23-20-17-14-11-8-5-2/h7,9-10,12,16,18-19,21,25,27-28,30-32,34-35,37,39,42,45,51,54,65H,4-6,8,11,13-15,17,20,22-24,26,29,33,36,38,40-41,43-44,46-50,52-53,55-64H2,1-3H3/b10-7-,12-9-,19-16-,21-18-,27-25-,30-28-,32-31-,35-34-,39-37-,45-42-,54-51-. The van der Waals surface area contributed by atoms with E-state index in [9.17, 15) is 14.4 Å². The molecule has 1 atom stereocenters. The third-order valence-electron chi connectivity index (χ3n) is 12.4. The van der Waals surface area contributed by atoms with Crippen LogP contribution in [0.4, 0.5) is 0 Å². The smallest absolute Gasteiger partial charge is 0.306 e. The Kier molecular flexibility index (Phi) is 57.4. The van der Waals surface area contributed by atoms with Crippen LogP contribution in [0.2, 0.25) is 0 Å². The Morgan fingerprint density at radius 1 is 0.284 bits per heavy atom. The lowest BCUT2D eigenvalue weighted by Gasteiger charge is -2.18. The summed E-state index contributed by atoms with van der Waals surface area (Å²) in [4.78, 5) is 38.2. The first-order valence-corrected chi connectivity index (χ1v) is 30.2. The molecule has 0 spiro atoms. The molecular formula is C68H110O6. The molecule has 0 aromatic carbocycles. The van der Waals surface area contributed by atoms with Gasteiger partial charge >= 0.3 is 17.9 Å². The normalized spacial score (nSPS) is 13.1. The number of rotatable bonds is 53. The van der Waals surface area contributed by atoms with Crippen LogP contribution < -0.4 is 0 Å². The summed E-state index contributed by atoms with van der Waals surface area (Å²) in [6.07, 6.45) is 86.0. The van der Waals surface area contributed by atoms with Gasteiger partial charge in [-0.1, -0.05) is 251 Å². The summed E-state index contributed by atoms with van der Waals surface area (Å²) >= 11 is 0. The number of ether oxygens (including phenoxy) is 3. The fourth-order valence-electron chi connectivity index (χ4n) is 7.92. The van der Waals surface area contributed by atoms with E-state index in [-0.39, 0.29) is 37.5 Å². The van der Waals surface area contributed by atoms with Gasteiger partial charge in [0.15, 0.2) is 6.10 Å². The van der Waals surface area contributed by atoms with Gasteiger partial charge in [-0.15, -0.1) is 0 Å². The van der Waals surface area contributed by atoms with Crippen LogP contribution in [0.25, 0.3) is 0 Å². The van der Waals surface area contributed by atoms with Crippen LogP contribution in [0.1, 0.15) is 258 Å². The van der Waals surface area contributed by atoms with Crippen LogP contribution in [0.5, 0.6) is 0 Å². The fourth-order valence-corrected chi connectivity index (χ4v) is 7.92. The Hall–Kier alpha value is -4.45. The van der Waals surface area contributed by atoms with Crippen molar-refractivity contribution in [1.29, 1.82) is 0 Å². The van der Waals surface area contributed by atoms with Crippen molar-refractivity contribution in [3.63, 3.8) is 0 Å². The number of allylic oxidation sites excluding steroid dienone is 22. The van der Waals surface area contributed by atoms with Crippen molar-refractivity contribution in [2.45, 2.75) is 264 Å². The SMILES string of the molecule is CC/C=C\C/C=C\C/C=C\C/C=C\C/C=C\C/C=C\CCCCCCCCC(=O)OCC(COC(=O)CC/C=C\C/C=C\C/C=C\C/C=C\CC)OC(=O)CCCCCCCCC/C=C\CCCCCCCCC. The third-order valence-corrected chi connectivity index (χ3v) is 12.4. The van der Waals surface area contributed by atoms with Gasteiger partial charge < -0.3 is 14.2 Å². The zero-order chi connectivity index (χ0) is 53.6. The van der Waals surface area contributed by atoms with Crippen molar-refractivity contribution in [1.82, 2.24) is 0 Å². The summed E-state index contributed by atoms with van der Waals surface area (Å²) < 4.78 is 16.8. The van der Waals surface area contributed by atoms with Gasteiger partial charge in [0.25, 0.3) is 0 Å². The average molecular weight is 1020 g/mol. The molecule has 0 aliphatic rings. The number of unbranched alkanes of at least 4 members (excludes halogenated alkanes) is 20. The predicted molar refractivity (Wildman–Crippen MR) is 320 cm³/mol. The number of carbonyl (C=O) groups is 3. The zero-order valence-corrected chi connectivity index (χ0v) is 47.8. The average Bonchev–Trinajstić information content (AvgIpc) is 3.40. The lowest BCUT2D eigenvalue weighted by Crippen LogP contribution is -2.30. The molecule has 0 rings (SSSR count). The Bertz CT molecular complexity index is 1600. The summed E-state index contributed by atoms with van der Waals surface area (Å²) in [6, 6.07) is 0. The van der Waals surface area contributed by atoms with Gasteiger partial charge in [0.2, 0.25) is 0 Å². The molecule has 0 aromatic rings. The minimum Gasteiger partial charge on any atom is -0.462 e. The van der Waals surface area contributed by atoms with Crippen LogP contribution in [0, 0.1) is 0 Å². The molecule has 0 saturated carbocycles. The third kappa shape index (κ3) is 58.4. The van der Waals surface area contributed by atoms with Crippen LogP contribution >= 0.6 is 0 Å². The lowest BCUT2D eigenvalue weighted by atomic mass is 10.1. The first-order valence-electron chi connectivity index (χ1n) is 30.2. The van der Waals surface area contributed by atoms with Crippen LogP contribution in [0.3, 0.4) is 0 Å². The summed E-state index contributed by atoms with van der Waals surface area (Å²) in [7, 11) is 0. The van der Waals surface area contributed by atoms with E-state index in [4.69, 9.17) is 14.2 Å². The molecule has 418 valence electrons. The van der Waals surface area contributed by atoms with Gasteiger partial charge in [0, 0.05) is 19.3 Å². The van der Waals surface area contributed by atoms with Crippen molar-refractivity contribution in [2.24, 2.45) is 0 Å². The number of esters is 3. The summed E-state index contributed by atoms with van der Waals surface area (Å²) in [6.45, 7) is 6.33. The molecule has 1 unspecified atom stereocenters. The van der Waals surface area contributed by atoms with Crippen molar-refractivity contribution < 1.29 is 28.6 Å². The second-order valence-corrected chi connectivity index (χ2v) is 19.5. The Labute approximate surface area is 455 Å². The highest BCUT2D eigenvalue weighted by Gasteiger charge is 2.19. The quantitative estimate of drug-likeness (QED) is 0.0261. The minimum absolute atomic E-state index is 0.113. The molecule has 0 radical (unpaired) electrons. The molecule has 74 heavy (non-hydrogen) atoms. The fraction of sp³-hybridized carbons (Fsp3) is 0.632. The van der Waals surface area contributed by atoms with Crippen molar-refractivity contribution in [3.8, 4) is 0 Å². The predicted octanol–water partition coefficient (Wildman–Crippen LogP) is 20.6. The molecule has 6 nitrogen and oxygen atoms in total. The first kappa shape index (κ1) is 69.5. The maximum absolute atomic E-state index is 12.9. The van der Waals surface area contributed by atoms with Gasteiger partial charge in [-0.3, -0.25) is 14.4 Å². The highest BCUT2D eigenvalue weighted by molar-refractivity contribution is 5.71.